The van der Waals surface area contributed by atoms with Gasteiger partial charge in [0.05, 0.1) is 13.2 Å². The number of hydrogen-bond donors (Lipinski definition) is 6. The summed E-state index contributed by atoms with van der Waals surface area (Å²) in [7, 11) is -4.88. The van der Waals surface area contributed by atoms with Crippen molar-refractivity contribution in [2.24, 2.45) is 0 Å². The Kier molecular flexibility index (Phi) is 11.0. The summed E-state index contributed by atoms with van der Waals surface area (Å²) in [5.74, 6) is -1.72. The van der Waals surface area contributed by atoms with Gasteiger partial charge in [0.1, 0.15) is 6.04 Å². The van der Waals surface area contributed by atoms with Gasteiger partial charge in [0.2, 0.25) is 17.7 Å². The number of hydrogen-bond acceptors (Lipinski definition) is 5. The largest absolute Gasteiger partial charge is 0.469 e. The summed E-state index contributed by atoms with van der Waals surface area (Å²) in [4.78, 5) is 58.4. The van der Waals surface area contributed by atoms with Crippen molar-refractivity contribution >= 4 is 36.4 Å². The molecule has 0 saturated heterocycles. The van der Waals surface area contributed by atoms with Crippen LogP contribution in [-0.2, 0) is 36.3 Å². The average Bonchev–Trinajstić information content (AvgIpc) is 3.31. The molecule has 0 radical (unpaired) electrons. The maximum absolute atomic E-state index is 12.6. The first-order chi connectivity index (χ1) is 18.2. The number of para-hydroxylation sites is 1. The van der Waals surface area contributed by atoms with Gasteiger partial charge in [-0.1, -0.05) is 48.5 Å². The monoisotopic (exact) mass is 544 g/mol. The zero-order valence-electron chi connectivity index (χ0n) is 20.9. The molecule has 3 rings (SSSR count). The lowest BCUT2D eigenvalue weighted by atomic mass is 10.1. The van der Waals surface area contributed by atoms with E-state index >= 15 is 0 Å². The highest BCUT2D eigenvalue weighted by Crippen LogP contribution is 2.35. The van der Waals surface area contributed by atoms with Crippen LogP contribution in [0.2, 0.25) is 0 Å². The van der Waals surface area contributed by atoms with Crippen molar-refractivity contribution in [2.45, 2.75) is 38.1 Å². The molecule has 0 aliphatic rings. The predicted molar refractivity (Wildman–Crippen MR) is 142 cm³/mol. The summed E-state index contributed by atoms with van der Waals surface area (Å²) >= 11 is 0. The van der Waals surface area contributed by atoms with Gasteiger partial charge in [-0.3, -0.25) is 18.9 Å². The molecule has 12 heteroatoms. The quantitative estimate of drug-likeness (QED) is 0.125. The average molecular weight is 545 g/mol. The predicted octanol–water partition coefficient (Wildman–Crippen LogP) is 1.95. The van der Waals surface area contributed by atoms with Crippen molar-refractivity contribution in [3.05, 3.63) is 71.9 Å². The Morgan fingerprint density at radius 2 is 1.66 bits per heavy atom. The van der Waals surface area contributed by atoms with Gasteiger partial charge in [0.15, 0.2) is 0 Å². The molecule has 3 aromatic rings. The molecular weight excluding hydrogens is 511 g/mol. The summed E-state index contributed by atoms with van der Waals surface area (Å²) in [6.07, 6.45) is 4.78. The van der Waals surface area contributed by atoms with E-state index in [4.69, 9.17) is 9.79 Å². The maximum Gasteiger partial charge on any atom is 0.469 e. The van der Waals surface area contributed by atoms with E-state index in [2.05, 4.69) is 25.5 Å². The number of aromatic nitrogens is 1. The number of carbonyl (C=O) groups is 3. The second-order valence-electron chi connectivity index (χ2n) is 8.78. The number of phosphoric acid groups is 1. The standard InChI is InChI=1S/C26H33N4O7P/c31-24(14-13-20-16-28-22-12-5-4-11-21(20)22)30-23(18-37-38(34,35)36)26(33)29-17-25(32)27-15-7-6-10-19-8-2-1-3-9-19/h1-5,8-9,11-12,16,23,28H,6-7,10,13-15,17-18H2,(H,27,32)(H,29,33)(H,30,31)(H2,34,35,36)/t23-/m0/s1. The number of phosphoric ester groups is 1. The van der Waals surface area contributed by atoms with Crippen LogP contribution in [0.5, 0.6) is 0 Å². The Hall–Kier alpha value is -3.50. The molecule has 3 amide bonds. The van der Waals surface area contributed by atoms with Crippen molar-refractivity contribution in [1.29, 1.82) is 0 Å². The highest BCUT2D eigenvalue weighted by atomic mass is 31.2. The Labute approximate surface area is 220 Å². The van der Waals surface area contributed by atoms with Crippen LogP contribution >= 0.6 is 7.82 Å². The van der Waals surface area contributed by atoms with Gasteiger partial charge in [0, 0.05) is 30.1 Å². The lowest BCUT2D eigenvalue weighted by molar-refractivity contribution is -0.131. The van der Waals surface area contributed by atoms with Gasteiger partial charge < -0.3 is 30.7 Å². The van der Waals surface area contributed by atoms with Crippen molar-refractivity contribution in [1.82, 2.24) is 20.9 Å². The van der Waals surface area contributed by atoms with Crippen LogP contribution in [0.25, 0.3) is 10.9 Å². The molecule has 0 spiro atoms. The Bertz CT molecular complexity index is 1260. The maximum atomic E-state index is 12.6. The fourth-order valence-electron chi connectivity index (χ4n) is 3.89. The molecule has 11 nitrogen and oxygen atoms in total. The number of nitrogens with one attached hydrogen (secondary N) is 4. The molecule has 2 aromatic carbocycles. The van der Waals surface area contributed by atoms with Crippen LogP contribution in [0.1, 0.15) is 30.4 Å². The van der Waals surface area contributed by atoms with E-state index in [0.29, 0.717) is 13.0 Å². The van der Waals surface area contributed by atoms with E-state index < -0.39 is 38.2 Å². The van der Waals surface area contributed by atoms with Gasteiger partial charge in [-0.15, -0.1) is 0 Å². The second kappa shape index (κ2) is 14.4. The first kappa shape index (κ1) is 29.1. The minimum absolute atomic E-state index is 0.0327. The van der Waals surface area contributed by atoms with Crippen molar-refractivity contribution in [2.75, 3.05) is 19.7 Å². The third-order valence-electron chi connectivity index (χ3n) is 5.84. The number of H-pyrrole nitrogens is 1. The molecule has 0 unspecified atom stereocenters. The van der Waals surface area contributed by atoms with E-state index in [-0.39, 0.29) is 13.0 Å². The number of fused-ring (bicyclic) bond motifs is 1. The number of benzene rings is 2. The van der Waals surface area contributed by atoms with Gasteiger partial charge in [-0.25, -0.2) is 4.57 Å². The van der Waals surface area contributed by atoms with Crippen LogP contribution in [0.4, 0.5) is 0 Å². The summed E-state index contributed by atoms with van der Waals surface area (Å²) in [5, 5.41) is 8.51. The molecule has 0 fully saturated rings. The molecule has 0 aliphatic carbocycles. The molecule has 204 valence electrons. The lowest BCUT2D eigenvalue weighted by Crippen LogP contribution is -2.51. The summed E-state index contributed by atoms with van der Waals surface area (Å²) in [6, 6.07) is 16.2. The van der Waals surface area contributed by atoms with Crippen LogP contribution in [-0.4, -0.2) is 58.2 Å². The van der Waals surface area contributed by atoms with Crippen molar-refractivity contribution in [3.8, 4) is 0 Å². The molecule has 0 saturated carbocycles. The zero-order valence-corrected chi connectivity index (χ0v) is 21.8. The molecule has 1 heterocycles. The SMILES string of the molecule is O=C(CNC(=O)[C@H](COP(=O)(O)O)NC(=O)CCc1c[nH]c2ccccc12)NCCCCc1ccccc1. The molecule has 1 aromatic heterocycles. The summed E-state index contributed by atoms with van der Waals surface area (Å²) < 4.78 is 15.6. The third-order valence-corrected chi connectivity index (χ3v) is 6.32. The van der Waals surface area contributed by atoms with E-state index in [1.165, 1.54) is 5.56 Å². The van der Waals surface area contributed by atoms with E-state index in [1.54, 1.807) is 6.20 Å². The molecule has 38 heavy (non-hydrogen) atoms. The topological polar surface area (TPSA) is 170 Å². The van der Waals surface area contributed by atoms with Crippen LogP contribution in [0, 0.1) is 0 Å². The number of aryl methyl sites for hydroxylation is 2. The zero-order chi connectivity index (χ0) is 27.4. The summed E-state index contributed by atoms with van der Waals surface area (Å²) in [5.41, 5.74) is 3.08. The Balaban J connectivity index is 1.42. The van der Waals surface area contributed by atoms with Gasteiger partial charge in [0.25, 0.3) is 0 Å². The number of aromatic amines is 1. The van der Waals surface area contributed by atoms with Crippen molar-refractivity contribution in [3.63, 3.8) is 0 Å². The highest BCUT2D eigenvalue weighted by Gasteiger charge is 2.25. The van der Waals surface area contributed by atoms with E-state index in [0.717, 1.165) is 35.7 Å². The highest BCUT2D eigenvalue weighted by molar-refractivity contribution is 7.46. The fraction of sp³-hybridized carbons (Fsp3) is 0.346. The van der Waals surface area contributed by atoms with Crippen LogP contribution < -0.4 is 16.0 Å². The Morgan fingerprint density at radius 1 is 0.921 bits per heavy atom. The minimum atomic E-state index is -4.88. The molecular formula is C26H33N4O7P. The minimum Gasteiger partial charge on any atom is -0.361 e. The van der Waals surface area contributed by atoms with E-state index in [1.807, 2.05) is 54.6 Å². The van der Waals surface area contributed by atoms with Gasteiger partial charge >= 0.3 is 7.82 Å². The number of carbonyl (C=O) groups excluding carboxylic acids is 3. The normalized spacial score (nSPS) is 12.2. The van der Waals surface area contributed by atoms with E-state index in [9.17, 15) is 18.9 Å². The van der Waals surface area contributed by atoms with Gasteiger partial charge in [-0.2, -0.15) is 0 Å². The smallest absolute Gasteiger partial charge is 0.361 e. The number of rotatable bonds is 15. The first-order valence-electron chi connectivity index (χ1n) is 12.3. The second-order valence-corrected chi connectivity index (χ2v) is 10.0. The molecule has 1 atom stereocenters. The third kappa shape index (κ3) is 10.1. The first-order valence-corrected chi connectivity index (χ1v) is 13.9. The summed E-state index contributed by atoms with van der Waals surface area (Å²) in [6.45, 7) is -0.665. The molecule has 6 N–H and O–H groups in total. The Morgan fingerprint density at radius 3 is 2.42 bits per heavy atom. The van der Waals surface area contributed by atoms with Crippen LogP contribution in [0.3, 0.4) is 0 Å². The van der Waals surface area contributed by atoms with Gasteiger partial charge in [-0.05, 0) is 42.9 Å². The fourth-order valence-corrected chi connectivity index (χ4v) is 4.23. The molecule has 0 aliphatic heterocycles. The lowest BCUT2D eigenvalue weighted by Gasteiger charge is -2.18. The molecule has 0 bridgehead atoms. The van der Waals surface area contributed by atoms with Crippen molar-refractivity contribution < 1.29 is 33.3 Å². The number of unbranched alkanes of at least 4 members (excludes halogenated alkanes) is 1. The van der Waals surface area contributed by atoms with Crippen LogP contribution in [0.15, 0.2) is 60.8 Å². The number of amides is 3.